The lowest BCUT2D eigenvalue weighted by molar-refractivity contribution is 0.0492. The molecule has 0 atom stereocenters. The van der Waals surface area contributed by atoms with E-state index in [4.69, 9.17) is 0 Å². The van der Waals surface area contributed by atoms with Crippen LogP contribution in [0.25, 0.3) is 33.9 Å². The van der Waals surface area contributed by atoms with Crippen LogP contribution in [-0.4, -0.2) is 69.4 Å². The van der Waals surface area contributed by atoms with Gasteiger partial charge in [-0.15, -0.1) is 0 Å². The number of nitrogens with zero attached hydrogens (tertiary/aromatic N) is 7. The zero-order valence-electron chi connectivity index (χ0n) is 27.9. The Balaban J connectivity index is 1.08. The van der Waals surface area contributed by atoms with Gasteiger partial charge in [0, 0.05) is 62.2 Å². The second-order valence-electron chi connectivity index (χ2n) is 13.4. The summed E-state index contributed by atoms with van der Waals surface area (Å²) in [5.41, 5.74) is 3.09. The van der Waals surface area contributed by atoms with E-state index >= 15 is 0 Å². The number of hydrogen-bond acceptors (Lipinski definition) is 9. The number of fused-ring (bicyclic) bond motifs is 2. The molecule has 14 heteroatoms. The molecule has 8 rings (SSSR count). The molecule has 0 amide bonds. The molecular formula is C37H38F2N8O3S. The van der Waals surface area contributed by atoms with Gasteiger partial charge in [-0.2, -0.15) is 16.9 Å². The first-order valence-electron chi connectivity index (χ1n) is 17.3. The van der Waals surface area contributed by atoms with Crippen LogP contribution < -0.4 is 16.6 Å². The predicted molar refractivity (Wildman–Crippen MR) is 194 cm³/mol. The molecule has 2 fully saturated rings. The van der Waals surface area contributed by atoms with Gasteiger partial charge in [0.1, 0.15) is 24.1 Å². The SMILES string of the molecule is O=c1c2cc(F)cnc2n(-c2cccc(-c3ccc(O)cc3CN3CCSCC3)c2)c(=O)n1C1CCC(NCc2cn3c(n2)C=CN(F)C3)CC1. The van der Waals surface area contributed by atoms with Gasteiger partial charge >= 0.3 is 5.69 Å². The van der Waals surface area contributed by atoms with Gasteiger partial charge in [-0.1, -0.05) is 22.7 Å². The van der Waals surface area contributed by atoms with Crippen molar-refractivity contribution < 1.29 is 14.0 Å². The molecule has 5 heterocycles. The molecule has 11 nitrogen and oxygen atoms in total. The molecule has 3 aromatic heterocycles. The van der Waals surface area contributed by atoms with Gasteiger partial charge in [0.05, 0.1) is 23.0 Å². The molecule has 0 bridgehead atoms. The van der Waals surface area contributed by atoms with Crippen molar-refractivity contribution in [2.24, 2.45) is 0 Å². The van der Waals surface area contributed by atoms with E-state index < -0.39 is 17.1 Å². The van der Waals surface area contributed by atoms with Gasteiger partial charge in [-0.25, -0.2) is 23.7 Å². The summed E-state index contributed by atoms with van der Waals surface area (Å²) in [7, 11) is 0. The van der Waals surface area contributed by atoms with Crippen LogP contribution in [0.1, 0.15) is 48.8 Å². The van der Waals surface area contributed by atoms with E-state index in [1.807, 2.05) is 42.2 Å². The van der Waals surface area contributed by atoms with E-state index in [1.165, 1.54) is 15.3 Å². The zero-order chi connectivity index (χ0) is 35.1. The Morgan fingerprint density at radius 1 is 1.02 bits per heavy atom. The molecule has 5 aromatic rings. The second-order valence-corrected chi connectivity index (χ2v) is 14.6. The lowest BCUT2D eigenvalue weighted by Gasteiger charge is -2.30. The Bertz CT molecular complexity index is 2240. The highest BCUT2D eigenvalue weighted by molar-refractivity contribution is 7.99. The predicted octanol–water partition coefficient (Wildman–Crippen LogP) is 5.21. The summed E-state index contributed by atoms with van der Waals surface area (Å²) in [6.07, 6.45) is 8.43. The normalized spacial score (nSPS) is 19.5. The third-order valence-corrected chi connectivity index (χ3v) is 11.0. The third-order valence-electron chi connectivity index (χ3n) is 10.1. The Hall–Kier alpha value is -4.79. The number of pyridine rings is 1. The fraction of sp³-hybridized carbons (Fsp3) is 0.351. The third kappa shape index (κ3) is 6.83. The minimum atomic E-state index is -0.654. The molecule has 1 saturated carbocycles. The molecular weight excluding hydrogens is 675 g/mol. The molecule has 0 spiro atoms. The monoisotopic (exact) mass is 712 g/mol. The maximum Gasteiger partial charge on any atom is 0.337 e. The number of aromatic hydroxyl groups is 1. The van der Waals surface area contributed by atoms with E-state index in [1.54, 1.807) is 28.8 Å². The first-order valence-corrected chi connectivity index (χ1v) is 18.4. The highest BCUT2D eigenvalue weighted by atomic mass is 32.2. The van der Waals surface area contributed by atoms with Crippen LogP contribution in [0.3, 0.4) is 0 Å². The minimum Gasteiger partial charge on any atom is -0.508 e. The van der Waals surface area contributed by atoms with Crippen molar-refractivity contribution in [2.75, 3.05) is 24.6 Å². The van der Waals surface area contributed by atoms with Crippen molar-refractivity contribution in [3.05, 3.63) is 111 Å². The van der Waals surface area contributed by atoms with Gasteiger partial charge in [0.2, 0.25) is 0 Å². The van der Waals surface area contributed by atoms with Gasteiger partial charge in [0.25, 0.3) is 5.56 Å². The van der Waals surface area contributed by atoms with E-state index in [0.717, 1.165) is 72.1 Å². The van der Waals surface area contributed by atoms with Crippen LogP contribution in [-0.2, 0) is 19.8 Å². The molecule has 1 saturated heterocycles. The Morgan fingerprint density at radius 3 is 2.67 bits per heavy atom. The minimum absolute atomic E-state index is 0.0400. The van der Waals surface area contributed by atoms with Crippen molar-refractivity contribution in [1.82, 2.24) is 39.0 Å². The molecule has 2 aromatic carbocycles. The van der Waals surface area contributed by atoms with Crippen LogP contribution in [0, 0.1) is 5.82 Å². The van der Waals surface area contributed by atoms with Gasteiger partial charge < -0.3 is 15.0 Å². The number of imidazole rings is 1. The molecule has 2 N–H and O–H groups in total. The highest BCUT2D eigenvalue weighted by Crippen LogP contribution is 2.31. The first-order chi connectivity index (χ1) is 24.8. The number of phenols is 1. The molecule has 2 aliphatic heterocycles. The van der Waals surface area contributed by atoms with Crippen LogP contribution in [0.4, 0.5) is 8.87 Å². The second kappa shape index (κ2) is 14.1. The van der Waals surface area contributed by atoms with Crippen LogP contribution in [0.2, 0.25) is 0 Å². The topological polar surface area (TPSA) is 113 Å². The summed E-state index contributed by atoms with van der Waals surface area (Å²) in [6.45, 7) is 3.22. The van der Waals surface area contributed by atoms with Crippen molar-refractivity contribution in [3.8, 4) is 22.6 Å². The smallest absolute Gasteiger partial charge is 0.337 e. The van der Waals surface area contributed by atoms with Crippen molar-refractivity contribution >= 4 is 28.9 Å². The number of halogens is 2. The molecule has 3 aliphatic rings. The van der Waals surface area contributed by atoms with Gasteiger partial charge in [0.15, 0.2) is 5.65 Å². The van der Waals surface area contributed by atoms with Gasteiger partial charge in [-0.3, -0.25) is 14.3 Å². The maximum atomic E-state index is 14.6. The number of hydrogen-bond donors (Lipinski definition) is 2. The van der Waals surface area contributed by atoms with Crippen molar-refractivity contribution in [2.45, 2.75) is 57.5 Å². The molecule has 0 radical (unpaired) electrons. The number of benzene rings is 2. The fourth-order valence-electron chi connectivity index (χ4n) is 7.49. The van der Waals surface area contributed by atoms with E-state index in [-0.39, 0.29) is 35.5 Å². The summed E-state index contributed by atoms with van der Waals surface area (Å²) < 4.78 is 32.6. The van der Waals surface area contributed by atoms with E-state index in [2.05, 4.69) is 20.2 Å². The summed E-state index contributed by atoms with van der Waals surface area (Å²) in [4.78, 5) is 39.5. The van der Waals surface area contributed by atoms with E-state index in [9.17, 15) is 23.6 Å². The Labute approximate surface area is 296 Å². The maximum absolute atomic E-state index is 14.6. The average Bonchev–Trinajstić information content (AvgIpc) is 3.54. The zero-order valence-corrected chi connectivity index (χ0v) is 28.7. The number of nitrogens with one attached hydrogen (secondary N) is 1. The Kier molecular flexibility index (Phi) is 9.21. The van der Waals surface area contributed by atoms with Crippen molar-refractivity contribution in [3.63, 3.8) is 0 Å². The number of rotatable bonds is 8. The number of phenolic OH excluding ortho intramolecular Hbond substituents is 1. The standard InChI is InChI=1S/C37H38F2N8O3S/c38-26-18-33-35(41-19-26)46(30-3-1-2-24(16-30)32-9-8-31(48)17-25(32)21-43-12-14-51-15-13-43)37(50)47(36(33)49)29-6-4-27(5-7-29)40-20-28-22-44-23-45(39)11-10-34(44)42-28/h1-3,8-11,16-19,22,27,29,40,48H,4-7,12-15,20-21,23H2. The molecule has 0 unspecified atom stereocenters. The largest absolute Gasteiger partial charge is 0.508 e. The average molecular weight is 713 g/mol. The summed E-state index contributed by atoms with van der Waals surface area (Å²) >= 11 is 1.94. The van der Waals surface area contributed by atoms with Crippen LogP contribution in [0.5, 0.6) is 5.75 Å². The van der Waals surface area contributed by atoms with Crippen molar-refractivity contribution in [1.29, 1.82) is 0 Å². The van der Waals surface area contributed by atoms with Crippen LogP contribution in [0.15, 0.2) is 76.7 Å². The summed E-state index contributed by atoms with van der Waals surface area (Å²) in [6, 6.07) is 13.8. The number of thioether (sulfide) groups is 1. The summed E-state index contributed by atoms with van der Waals surface area (Å²) in [5, 5.41) is 14.5. The van der Waals surface area contributed by atoms with Gasteiger partial charge in [-0.05, 0) is 78.8 Å². The molecule has 51 heavy (non-hydrogen) atoms. The van der Waals surface area contributed by atoms with Crippen LogP contribution >= 0.6 is 11.8 Å². The molecule has 264 valence electrons. The highest BCUT2D eigenvalue weighted by Gasteiger charge is 2.28. The van der Waals surface area contributed by atoms with E-state index in [0.29, 0.717) is 42.6 Å². The quantitative estimate of drug-likeness (QED) is 0.210. The fourth-order valence-corrected chi connectivity index (χ4v) is 8.47. The lowest BCUT2D eigenvalue weighted by Crippen LogP contribution is -2.44. The number of aromatic nitrogens is 5. The summed E-state index contributed by atoms with van der Waals surface area (Å²) in [5.74, 6) is 2.36. The molecule has 1 aliphatic carbocycles. The lowest BCUT2D eigenvalue weighted by atomic mass is 9.91. The first kappa shape index (κ1) is 33.4. The Morgan fingerprint density at radius 2 is 1.84 bits per heavy atom.